The van der Waals surface area contributed by atoms with E-state index >= 15 is 0 Å². The Hall–Kier alpha value is -0.600. The lowest BCUT2D eigenvalue weighted by atomic mass is 10.00. The van der Waals surface area contributed by atoms with Gasteiger partial charge in [0.2, 0.25) is 0 Å². The molecule has 1 N–H and O–H groups in total. The van der Waals surface area contributed by atoms with E-state index in [1.54, 1.807) is 0 Å². The fourth-order valence-corrected chi connectivity index (χ4v) is 2.43. The van der Waals surface area contributed by atoms with Crippen LogP contribution in [0.2, 0.25) is 0 Å². The van der Waals surface area contributed by atoms with Crippen LogP contribution in [0, 0.1) is 6.92 Å². The average Bonchev–Trinajstić information content (AvgIpc) is 2.20. The predicted octanol–water partition coefficient (Wildman–Crippen LogP) is 4.37. The quantitative estimate of drug-likeness (QED) is 0.790. The number of nitrogens with one attached hydrogen (secondary N) is 1. The van der Waals surface area contributed by atoms with Gasteiger partial charge < -0.3 is 5.32 Å². The van der Waals surface area contributed by atoms with Crippen molar-refractivity contribution in [2.24, 2.45) is 0 Å². The summed E-state index contributed by atoms with van der Waals surface area (Å²) in [5, 5.41) is 3.52. The lowest BCUT2D eigenvalue weighted by Crippen LogP contribution is -2.23. The van der Waals surface area contributed by atoms with Crippen molar-refractivity contribution in [1.82, 2.24) is 5.32 Å². The van der Waals surface area contributed by atoms with Crippen molar-refractivity contribution < 1.29 is 0 Å². The lowest BCUT2D eigenvalue weighted by Gasteiger charge is -2.20. The zero-order chi connectivity index (χ0) is 12.1. The van der Waals surface area contributed by atoms with E-state index in [0.717, 1.165) is 23.0 Å². The molecule has 1 aromatic rings. The molecule has 0 bridgehead atoms. The van der Waals surface area contributed by atoms with Crippen molar-refractivity contribution in [2.75, 3.05) is 6.54 Å². The van der Waals surface area contributed by atoms with Crippen LogP contribution in [0.5, 0.6) is 0 Å². The molecule has 0 aliphatic carbocycles. The molecule has 0 fully saturated rings. The largest absolute Gasteiger partial charge is 0.307 e. The SMILES string of the molecule is C=C(C)C(NCCC)c1ccc(C)cc1Br. The highest BCUT2D eigenvalue weighted by atomic mass is 79.9. The summed E-state index contributed by atoms with van der Waals surface area (Å²) in [7, 11) is 0. The molecule has 0 saturated heterocycles. The second-order valence-corrected chi connectivity index (χ2v) is 5.11. The molecule has 1 aromatic carbocycles. The molecular weight excluding hydrogens is 262 g/mol. The van der Waals surface area contributed by atoms with Gasteiger partial charge in [-0.2, -0.15) is 0 Å². The maximum absolute atomic E-state index is 4.06. The van der Waals surface area contributed by atoms with Gasteiger partial charge in [0.15, 0.2) is 0 Å². The van der Waals surface area contributed by atoms with Crippen molar-refractivity contribution in [3.63, 3.8) is 0 Å². The van der Waals surface area contributed by atoms with Crippen LogP contribution in [0.15, 0.2) is 34.8 Å². The predicted molar refractivity (Wildman–Crippen MR) is 74.7 cm³/mol. The van der Waals surface area contributed by atoms with Gasteiger partial charge in [-0.05, 0) is 44.0 Å². The maximum atomic E-state index is 4.06. The zero-order valence-corrected chi connectivity index (χ0v) is 11.9. The molecule has 0 saturated carbocycles. The normalized spacial score (nSPS) is 12.5. The monoisotopic (exact) mass is 281 g/mol. The third-order valence-corrected chi connectivity index (χ3v) is 3.24. The summed E-state index contributed by atoms with van der Waals surface area (Å²) in [5.74, 6) is 0. The molecule has 2 heteroatoms. The van der Waals surface area contributed by atoms with E-state index in [9.17, 15) is 0 Å². The summed E-state index contributed by atoms with van der Waals surface area (Å²) >= 11 is 3.63. The summed E-state index contributed by atoms with van der Waals surface area (Å²) in [6.07, 6.45) is 1.13. The molecule has 0 aliphatic heterocycles. The van der Waals surface area contributed by atoms with E-state index in [-0.39, 0.29) is 6.04 Å². The van der Waals surface area contributed by atoms with E-state index in [1.165, 1.54) is 11.1 Å². The van der Waals surface area contributed by atoms with Crippen molar-refractivity contribution in [2.45, 2.75) is 33.2 Å². The summed E-state index contributed by atoms with van der Waals surface area (Å²) in [4.78, 5) is 0. The van der Waals surface area contributed by atoms with Crippen LogP contribution < -0.4 is 5.32 Å². The Balaban J connectivity index is 2.96. The highest BCUT2D eigenvalue weighted by molar-refractivity contribution is 9.10. The molecule has 0 aromatic heterocycles. The van der Waals surface area contributed by atoms with Crippen LogP contribution in [0.1, 0.15) is 37.4 Å². The van der Waals surface area contributed by atoms with E-state index in [1.807, 2.05) is 0 Å². The van der Waals surface area contributed by atoms with Gasteiger partial charge in [0.05, 0.1) is 6.04 Å². The number of rotatable bonds is 5. The van der Waals surface area contributed by atoms with E-state index in [0.29, 0.717) is 0 Å². The van der Waals surface area contributed by atoms with Crippen molar-refractivity contribution in [3.8, 4) is 0 Å². The van der Waals surface area contributed by atoms with E-state index < -0.39 is 0 Å². The Morgan fingerprint density at radius 3 is 2.69 bits per heavy atom. The van der Waals surface area contributed by atoms with Crippen LogP contribution in [0.4, 0.5) is 0 Å². The van der Waals surface area contributed by atoms with Crippen molar-refractivity contribution in [3.05, 3.63) is 46.0 Å². The summed E-state index contributed by atoms with van der Waals surface area (Å²) in [5.41, 5.74) is 3.69. The van der Waals surface area contributed by atoms with Crippen LogP contribution in [0.3, 0.4) is 0 Å². The molecule has 1 unspecified atom stereocenters. The smallest absolute Gasteiger partial charge is 0.0541 e. The Kier molecular flexibility index (Phi) is 5.23. The third-order valence-electron chi connectivity index (χ3n) is 2.56. The third kappa shape index (κ3) is 3.46. The first-order chi connectivity index (χ1) is 7.56. The van der Waals surface area contributed by atoms with Gasteiger partial charge in [-0.15, -0.1) is 0 Å². The number of benzene rings is 1. The molecule has 0 aliphatic rings. The van der Waals surface area contributed by atoms with Gasteiger partial charge in [0.1, 0.15) is 0 Å². The lowest BCUT2D eigenvalue weighted by molar-refractivity contribution is 0.589. The minimum atomic E-state index is 0.245. The highest BCUT2D eigenvalue weighted by Gasteiger charge is 2.14. The molecule has 0 radical (unpaired) electrons. The standard InChI is InChI=1S/C14H20BrN/c1-5-8-16-14(10(2)3)12-7-6-11(4)9-13(12)15/h6-7,9,14,16H,2,5,8H2,1,3-4H3. The number of halogens is 1. The Morgan fingerprint density at radius 1 is 1.50 bits per heavy atom. The Morgan fingerprint density at radius 2 is 2.19 bits per heavy atom. The summed E-state index contributed by atoms with van der Waals surface area (Å²) in [6.45, 7) is 11.4. The number of hydrogen-bond donors (Lipinski definition) is 1. The molecule has 0 amide bonds. The van der Waals surface area contributed by atoms with E-state index in [4.69, 9.17) is 0 Å². The molecule has 0 spiro atoms. The van der Waals surface area contributed by atoms with Gasteiger partial charge in [-0.1, -0.05) is 47.1 Å². The minimum absolute atomic E-state index is 0.245. The fourth-order valence-electron chi connectivity index (χ4n) is 1.70. The van der Waals surface area contributed by atoms with E-state index in [2.05, 4.69) is 66.8 Å². The topological polar surface area (TPSA) is 12.0 Å². The first-order valence-electron chi connectivity index (χ1n) is 5.71. The van der Waals surface area contributed by atoms with Crippen LogP contribution in [-0.2, 0) is 0 Å². The Bertz CT molecular complexity index is 371. The molecular formula is C14H20BrN. The van der Waals surface area contributed by atoms with Crippen LogP contribution >= 0.6 is 15.9 Å². The highest BCUT2D eigenvalue weighted by Crippen LogP contribution is 2.28. The number of hydrogen-bond acceptors (Lipinski definition) is 1. The van der Waals surface area contributed by atoms with Crippen molar-refractivity contribution >= 4 is 15.9 Å². The van der Waals surface area contributed by atoms with Gasteiger partial charge in [0.25, 0.3) is 0 Å². The van der Waals surface area contributed by atoms with Gasteiger partial charge in [-0.25, -0.2) is 0 Å². The average molecular weight is 282 g/mol. The molecule has 16 heavy (non-hydrogen) atoms. The summed E-state index contributed by atoms with van der Waals surface area (Å²) in [6, 6.07) is 6.71. The first-order valence-corrected chi connectivity index (χ1v) is 6.50. The second-order valence-electron chi connectivity index (χ2n) is 4.26. The van der Waals surface area contributed by atoms with Gasteiger partial charge >= 0.3 is 0 Å². The minimum Gasteiger partial charge on any atom is -0.307 e. The summed E-state index contributed by atoms with van der Waals surface area (Å²) < 4.78 is 1.16. The van der Waals surface area contributed by atoms with Crippen LogP contribution in [-0.4, -0.2) is 6.54 Å². The van der Waals surface area contributed by atoms with Crippen molar-refractivity contribution in [1.29, 1.82) is 0 Å². The van der Waals surface area contributed by atoms with Gasteiger partial charge in [-0.3, -0.25) is 0 Å². The molecule has 0 heterocycles. The Labute approximate surface area is 107 Å². The zero-order valence-electron chi connectivity index (χ0n) is 10.3. The number of aryl methyl sites for hydroxylation is 1. The first kappa shape index (κ1) is 13.5. The molecule has 1 rings (SSSR count). The molecule has 1 nitrogen and oxygen atoms in total. The fraction of sp³-hybridized carbons (Fsp3) is 0.429. The molecule has 1 atom stereocenters. The molecule has 88 valence electrons. The van der Waals surface area contributed by atoms with Crippen LogP contribution in [0.25, 0.3) is 0 Å². The second kappa shape index (κ2) is 6.21. The maximum Gasteiger partial charge on any atom is 0.0541 e. The van der Waals surface area contributed by atoms with Gasteiger partial charge in [0, 0.05) is 4.47 Å².